The molecule has 0 unspecified atom stereocenters. The second-order valence-electron chi connectivity index (χ2n) is 0.100. The van der Waals surface area contributed by atoms with Crippen LogP contribution in [0.25, 0.3) is 0 Å². The number of hydrogen-bond acceptors (Lipinski definition) is 2. The van der Waals surface area contributed by atoms with Crippen molar-refractivity contribution in [1.82, 2.24) is 0 Å². The van der Waals surface area contributed by atoms with E-state index in [-0.39, 0.29) is 51.9 Å². The molecule has 0 aromatic carbocycles. The summed E-state index contributed by atoms with van der Waals surface area (Å²) in [6, 6.07) is 0. The molecule has 4 heteroatoms. The van der Waals surface area contributed by atoms with Crippen molar-refractivity contribution in [2.45, 2.75) is 0 Å². The molecule has 0 atom stereocenters. The van der Waals surface area contributed by atoms with Crippen LogP contribution in [0, 0.1) is 11.5 Å². The van der Waals surface area contributed by atoms with E-state index in [2.05, 4.69) is 0 Å². The molecule has 0 heterocycles. The first kappa shape index (κ1) is 16.6. The van der Waals surface area contributed by atoms with E-state index in [9.17, 15) is 0 Å². The predicted octanol–water partition coefficient (Wildman–Crippen LogP) is -0.543. The molecule has 5 heavy (non-hydrogen) atoms. The van der Waals surface area contributed by atoms with Crippen LogP contribution in [0.5, 0.6) is 0 Å². The average molecular weight is 174 g/mol. The smallest absolute Gasteiger partial charge is 0.283 e. The number of aliphatic hydroxyl groups is 1. The van der Waals surface area contributed by atoms with Crippen LogP contribution in [0.15, 0.2) is 0 Å². The van der Waals surface area contributed by atoms with Gasteiger partial charge in [0.2, 0.25) is 0 Å². The van der Waals surface area contributed by atoms with Gasteiger partial charge < -0.3 is 5.11 Å². The Morgan fingerprint density at radius 2 is 1.60 bits per heavy atom. The van der Waals surface area contributed by atoms with Crippen LogP contribution in [0.2, 0.25) is 0 Å². The Hall–Kier alpha value is 1.03. The topological polar surface area (TPSA) is 44.0 Å². The van der Waals surface area contributed by atoms with E-state index in [1.54, 1.807) is 0 Å². The molecule has 1 N–H and O–H groups in total. The molecule has 0 spiro atoms. The minimum absolute atomic E-state index is 0. The largest absolute Gasteiger partial charge is 0.443 e. The fourth-order valence-corrected chi connectivity index (χ4v) is 0. The molecule has 0 aromatic heterocycles. The number of rotatable bonds is 0. The summed E-state index contributed by atoms with van der Waals surface area (Å²) in [7, 11) is 0. The van der Waals surface area contributed by atoms with Gasteiger partial charge in [-0.1, -0.05) is 0 Å². The van der Waals surface area contributed by atoms with Gasteiger partial charge in [-0.2, -0.15) is 5.26 Å². The van der Waals surface area contributed by atoms with E-state index in [1.807, 2.05) is 0 Å². The second-order valence-corrected chi connectivity index (χ2v) is 0.100. The van der Waals surface area contributed by atoms with Gasteiger partial charge in [0.15, 0.2) is 0 Å². The first-order valence-corrected chi connectivity index (χ1v) is 0.447. The van der Waals surface area contributed by atoms with Crippen molar-refractivity contribution < 1.29 is 27.5 Å². The molecule has 0 aliphatic carbocycles. The van der Waals surface area contributed by atoms with Gasteiger partial charge in [-0.05, 0) is 0 Å². The van der Waals surface area contributed by atoms with Gasteiger partial charge in [0.05, 0.1) is 0 Å². The van der Waals surface area contributed by atoms with E-state index in [0.717, 1.165) is 6.26 Å². The zero-order valence-corrected chi connectivity index (χ0v) is 6.18. The van der Waals surface area contributed by atoms with E-state index in [1.165, 1.54) is 0 Å². The van der Waals surface area contributed by atoms with Gasteiger partial charge in [0.1, 0.15) is 0 Å². The molecule has 0 aliphatic heterocycles. The Morgan fingerprint density at radius 3 is 1.60 bits per heavy atom. The molecule has 0 aromatic rings. The van der Waals surface area contributed by atoms with Crippen molar-refractivity contribution in [1.29, 1.82) is 5.26 Å². The van der Waals surface area contributed by atoms with E-state index in [4.69, 9.17) is 10.4 Å². The molecular weight excluding hydrogens is 173 g/mol. The Labute approximate surface area is 68.0 Å². The van der Waals surface area contributed by atoms with Crippen LogP contribution in [0.3, 0.4) is 0 Å². The molecule has 28 valence electrons. The van der Waals surface area contributed by atoms with Crippen molar-refractivity contribution in [3.8, 4) is 6.26 Å². The van der Waals surface area contributed by atoms with Gasteiger partial charge in [-0.25, -0.2) is 0 Å². The normalized spacial score (nSPS) is 1.40. The van der Waals surface area contributed by atoms with Crippen LogP contribution in [-0.2, 0) is 22.4 Å². The van der Waals surface area contributed by atoms with E-state index >= 15 is 0 Å². The molecule has 2 nitrogen and oxygen atoms in total. The molecular formula is CHAgNNaO. The summed E-state index contributed by atoms with van der Waals surface area (Å²) in [5.41, 5.74) is 0. The van der Waals surface area contributed by atoms with E-state index < -0.39 is 0 Å². The first-order chi connectivity index (χ1) is 1.41. The summed E-state index contributed by atoms with van der Waals surface area (Å²) in [5, 5.41) is 13.8. The van der Waals surface area contributed by atoms with Crippen LogP contribution in [0.4, 0.5) is 0 Å². The quantitative estimate of drug-likeness (QED) is 0.395. The van der Waals surface area contributed by atoms with E-state index in [0.29, 0.717) is 0 Å². The zero-order valence-electron chi connectivity index (χ0n) is 2.70. The third-order valence-electron chi connectivity index (χ3n) is 0. The number of aliphatic hydroxyl groups excluding tert-OH is 1. The van der Waals surface area contributed by atoms with Gasteiger partial charge in [-0.15, -0.1) is 0 Å². The molecule has 2 radical (unpaired) electrons. The molecule has 0 amide bonds. The first-order valence-electron chi connectivity index (χ1n) is 0.447. The summed E-state index contributed by atoms with van der Waals surface area (Å²) in [6.07, 6.45) is 0.750. The van der Waals surface area contributed by atoms with Gasteiger partial charge >= 0.3 is 0 Å². The minimum atomic E-state index is 0. The molecule has 0 bridgehead atoms. The third kappa shape index (κ3) is 43.5. The standard InChI is InChI=1S/CHNO.Ag.Na/c2-1-3;;/h3H;;. The Morgan fingerprint density at radius 1 is 1.60 bits per heavy atom. The van der Waals surface area contributed by atoms with Crippen LogP contribution >= 0.6 is 0 Å². The summed E-state index contributed by atoms with van der Waals surface area (Å²) in [6.45, 7) is 0. The number of nitrogens with zero attached hydrogens (tertiary/aromatic N) is 1. The summed E-state index contributed by atoms with van der Waals surface area (Å²) >= 11 is 0. The molecule has 0 rings (SSSR count). The fourth-order valence-electron chi connectivity index (χ4n) is 0. The zero-order chi connectivity index (χ0) is 2.71. The van der Waals surface area contributed by atoms with Crippen LogP contribution < -0.4 is 0 Å². The van der Waals surface area contributed by atoms with Gasteiger partial charge in [0, 0.05) is 51.9 Å². The average Bonchev–Trinajstić information content (AvgIpc) is 0.918. The van der Waals surface area contributed by atoms with Crippen LogP contribution in [-0.4, -0.2) is 34.7 Å². The monoisotopic (exact) mass is 173 g/mol. The summed E-state index contributed by atoms with van der Waals surface area (Å²) in [5.74, 6) is 0. The van der Waals surface area contributed by atoms with Gasteiger partial charge in [0.25, 0.3) is 6.26 Å². The molecule has 0 fully saturated rings. The Balaban J connectivity index is -0.0000000200. The van der Waals surface area contributed by atoms with Crippen molar-refractivity contribution in [2.75, 3.05) is 0 Å². The van der Waals surface area contributed by atoms with Crippen molar-refractivity contribution in [3.05, 3.63) is 0 Å². The van der Waals surface area contributed by atoms with Crippen molar-refractivity contribution >= 4 is 29.6 Å². The van der Waals surface area contributed by atoms with Crippen LogP contribution in [0.1, 0.15) is 0 Å². The molecule has 0 aliphatic rings. The van der Waals surface area contributed by atoms with Crippen molar-refractivity contribution in [3.63, 3.8) is 0 Å². The maximum Gasteiger partial charge on any atom is 0.283 e. The van der Waals surface area contributed by atoms with Crippen molar-refractivity contribution in [2.24, 2.45) is 0 Å². The Kier molecular flexibility index (Phi) is 65.9. The Bertz CT molecular complexity index is 33.1. The SMILES string of the molecule is N#CO.[Ag].[Na]. The second kappa shape index (κ2) is 19.8. The molecule has 0 saturated carbocycles. The maximum absolute atomic E-state index is 6.88. The number of hydrogen-bond donors (Lipinski definition) is 1. The fraction of sp³-hybridized carbons (Fsp3) is 0. The maximum atomic E-state index is 6.88. The third-order valence-corrected chi connectivity index (χ3v) is 0. The minimum Gasteiger partial charge on any atom is -0.443 e. The number of nitriles is 1. The van der Waals surface area contributed by atoms with Gasteiger partial charge in [-0.3, -0.25) is 0 Å². The summed E-state index contributed by atoms with van der Waals surface area (Å²) < 4.78 is 0. The molecule has 0 saturated heterocycles. The summed E-state index contributed by atoms with van der Waals surface area (Å²) in [4.78, 5) is 0. The predicted molar refractivity (Wildman–Crippen MR) is 13.3 cm³/mol.